The van der Waals surface area contributed by atoms with Crippen molar-refractivity contribution in [2.24, 2.45) is 5.41 Å². The van der Waals surface area contributed by atoms with Crippen LogP contribution in [0, 0.1) is 11.2 Å². The minimum absolute atomic E-state index is 0.0217. The van der Waals surface area contributed by atoms with Gasteiger partial charge in [-0.2, -0.15) is 0 Å². The van der Waals surface area contributed by atoms with Gasteiger partial charge in [-0.15, -0.1) is 0 Å². The lowest BCUT2D eigenvalue weighted by Gasteiger charge is -2.54. The number of halogens is 2. The van der Waals surface area contributed by atoms with Gasteiger partial charge in [-0.3, -0.25) is 14.2 Å². The summed E-state index contributed by atoms with van der Waals surface area (Å²) in [6, 6.07) is 7.42. The average molecular weight is 486 g/mol. The molecule has 2 aromatic heterocycles. The molecule has 2 aliphatic carbocycles. The molecule has 8 heteroatoms. The number of carbonyl (C=O) groups excluding carboxylic acids is 1. The summed E-state index contributed by atoms with van der Waals surface area (Å²) < 4.78 is 15.3. The van der Waals surface area contributed by atoms with Gasteiger partial charge in [0.2, 0.25) is 0 Å². The van der Waals surface area contributed by atoms with Crippen molar-refractivity contribution in [2.75, 3.05) is 0 Å². The summed E-state index contributed by atoms with van der Waals surface area (Å²) in [5.41, 5.74) is 0.394. The topological polar surface area (TPSA) is 84.2 Å². The Labute approximate surface area is 186 Å². The van der Waals surface area contributed by atoms with Crippen molar-refractivity contribution in [3.63, 3.8) is 0 Å². The number of aromatic nitrogens is 2. The van der Waals surface area contributed by atoms with Crippen LogP contribution in [0.4, 0.5) is 4.39 Å². The number of fused-ring (bicyclic) bond motifs is 1. The van der Waals surface area contributed by atoms with E-state index in [9.17, 15) is 19.1 Å². The number of benzene rings is 1. The maximum Gasteiger partial charge on any atom is 0.269 e. The normalized spacial score (nSPS) is 17.4. The third kappa shape index (κ3) is 3.52. The molecule has 1 aromatic carbocycles. The maximum absolute atomic E-state index is 13.3. The molecule has 0 bridgehead atoms. The summed E-state index contributed by atoms with van der Waals surface area (Å²) in [7, 11) is 0. The molecular formula is C23H21BrFN3O3. The lowest BCUT2D eigenvalue weighted by Crippen LogP contribution is -2.54. The van der Waals surface area contributed by atoms with Gasteiger partial charge in [-0.1, -0.05) is 18.6 Å². The molecule has 0 saturated heterocycles. The van der Waals surface area contributed by atoms with Crippen molar-refractivity contribution in [2.45, 2.75) is 44.7 Å². The highest BCUT2D eigenvalue weighted by molar-refractivity contribution is 9.10. The van der Waals surface area contributed by atoms with Crippen molar-refractivity contribution in [3.8, 4) is 5.75 Å². The Hall–Kier alpha value is -2.74. The van der Waals surface area contributed by atoms with Gasteiger partial charge >= 0.3 is 0 Å². The molecule has 1 amide bonds. The number of aromatic hydroxyl groups is 1. The number of amides is 1. The van der Waals surface area contributed by atoms with Crippen molar-refractivity contribution in [1.29, 1.82) is 0 Å². The molecule has 2 fully saturated rings. The van der Waals surface area contributed by atoms with Gasteiger partial charge in [-0.25, -0.2) is 9.37 Å². The van der Waals surface area contributed by atoms with Crippen LogP contribution in [0.2, 0.25) is 0 Å². The lowest BCUT2D eigenvalue weighted by molar-refractivity contribution is -0.000677. The van der Waals surface area contributed by atoms with Crippen LogP contribution in [0.3, 0.4) is 0 Å². The fourth-order valence-corrected chi connectivity index (χ4v) is 5.17. The van der Waals surface area contributed by atoms with Crippen molar-refractivity contribution in [3.05, 3.63) is 68.3 Å². The molecule has 2 N–H and O–H groups in total. The van der Waals surface area contributed by atoms with Crippen LogP contribution in [0.15, 0.2) is 45.8 Å². The van der Waals surface area contributed by atoms with Crippen LogP contribution in [0.25, 0.3) is 11.0 Å². The van der Waals surface area contributed by atoms with Gasteiger partial charge in [0.15, 0.2) is 0 Å². The first-order valence-corrected chi connectivity index (χ1v) is 11.1. The van der Waals surface area contributed by atoms with Crippen LogP contribution < -0.4 is 10.9 Å². The van der Waals surface area contributed by atoms with E-state index in [1.165, 1.54) is 42.2 Å². The Kier molecular flexibility index (Phi) is 4.84. The molecule has 2 saturated carbocycles. The van der Waals surface area contributed by atoms with Gasteiger partial charge in [0, 0.05) is 16.7 Å². The lowest BCUT2D eigenvalue weighted by atomic mass is 9.54. The molecule has 2 heterocycles. The van der Waals surface area contributed by atoms with E-state index < -0.39 is 11.5 Å². The van der Waals surface area contributed by atoms with E-state index >= 15 is 0 Å². The van der Waals surface area contributed by atoms with Gasteiger partial charge in [-0.05, 0) is 70.8 Å². The number of nitrogens with zero attached hydrogens (tertiary/aromatic N) is 2. The van der Waals surface area contributed by atoms with E-state index in [1.54, 1.807) is 18.2 Å². The zero-order valence-corrected chi connectivity index (χ0v) is 18.3. The van der Waals surface area contributed by atoms with Gasteiger partial charge in [0.05, 0.1) is 11.9 Å². The molecule has 0 unspecified atom stereocenters. The van der Waals surface area contributed by atoms with Crippen molar-refractivity contribution >= 4 is 32.9 Å². The van der Waals surface area contributed by atoms with E-state index in [0.29, 0.717) is 20.8 Å². The number of rotatable bonds is 4. The minimum atomic E-state index is -0.626. The van der Waals surface area contributed by atoms with Crippen LogP contribution in [0.1, 0.15) is 48.0 Å². The predicted molar refractivity (Wildman–Crippen MR) is 118 cm³/mol. The first-order chi connectivity index (χ1) is 14.8. The summed E-state index contributed by atoms with van der Waals surface area (Å²) in [5.74, 6) is -1.32. The molecule has 0 aliphatic heterocycles. The Bertz CT molecular complexity index is 1240. The summed E-state index contributed by atoms with van der Waals surface area (Å²) in [4.78, 5) is 30.6. The highest BCUT2D eigenvalue weighted by Gasteiger charge is 2.48. The number of hydrogen-bond donors (Lipinski definition) is 2. The highest BCUT2D eigenvalue weighted by atomic mass is 79.9. The van der Waals surface area contributed by atoms with Gasteiger partial charge in [0.25, 0.3) is 11.5 Å². The molecular weight excluding hydrogens is 465 g/mol. The zero-order chi connectivity index (χ0) is 21.8. The predicted octanol–water partition coefficient (Wildman–Crippen LogP) is 4.11. The molecule has 0 radical (unpaired) electrons. The fraction of sp³-hybridized carbons (Fsp3) is 0.348. The minimum Gasteiger partial charge on any atom is -0.506 e. The largest absolute Gasteiger partial charge is 0.506 e. The molecule has 5 rings (SSSR count). The van der Waals surface area contributed by atoms with E-state index in [0.717, 1.165) is 12.8 Å². The monoisotopic (exact) mass is 485 g/mol. The summed E-state index contributed by atoms with van der Waals surface area (Å²) in [5, 5.41) is 14.0. The summed E-state index contributed by atoms with van der Waals surface area (Å²) in [6.45, 7) is 0.0946. The molecule has 0 atom stereocenters. The zero-order valence-electron chi connectivity index (χ0n) is 16.7. The second-order valence-corrected chi connectivity index (χ2v) is 9.61. The van der Waals surface area contributed by atoms with Crippen LogP contribution in [-0.4, -0.2) is 26.6 Å². The third-order valence-electron chi connectivity index (χ3n) is 6.63. The quantitative estimate of drug-likeness (QED) is 0.582. The number of nitrogens with one attached hydrogen (secondary N) is 1. The smallest absolute Gasteiger partial charge is 0.269 e. The summed E-state index contributed by atoms with van der Waals surface area (Å²) >= 11 is 3.33. The van der Waals surface area contributed by atoms with E-state index in [2.05, 4.69) is 26.2 Å². The van der Waals surface area contributed by atoms with Gasteiger partial charge < -0.3 is 10.4 Å². The molecule has 6 nitrogen and oxygen atoms in total. The highest BCUT2D eigenvalue weighted by Crippen LogP contribution is 2.55. The second kappa shape index (κ2) is 7.44. The number of pyridine rings is 2. The van der Waals surface area contributed by atoms with Gasteiger partial charge in [0.1, 0.15) is 22.8 Å². The van der Waals surface area contributed by atoms with Crippen LogP contribution in [0.5, 0.6) is 5.75 Å². The number of carbonyl (C=O) groups is 1. The third-order valence-corrected chi connectivity index (χ3v) is 7.06. The molecule has 2 aliphatic rings. The van der Waals surface area contributed by atoms with Crippen LogP contribution in [-0.2, 0) is 6.54 Å². The van der Waals surface area contributed by atoms with E-state index in [-0.39, 0.29) is 35.4 Å². The first-order valence-electron chi connectivity index (χ1n) is 10.3. The Morgan fingerprint density at radius 1 is 1.29 bits per heavy atom. The van der Waals surface area contributed by atoms with Crippen molar-refractivity contribution < 1.29 is 14.3 Å². The van der Waals surface area contributed by atoms with E-state index in [1.807, 2.05) is 0 Å². The Morgan fingerprint density at radius 2 is 2.00 bits per heavy atom. The fourth-order valence-electron chi connectivity index (χ4n) is 4.84. The van der Waals surface area contributed by atoms with Crippen LogP contribution >= 0.6 is 15.9 Å². The number of hydrogen-bond acceptors (Lipinski definition) is 4. The second-order valence-electron chi connectivity index (χ2n) is 8.70. The van der Waals surface area contributed by atoms with Crippen molar-refractivity contribution in [1.82, 2.24) is 14.9 Å². The molecule has 3 aromatic rings. The molecule has 1 spiro atoms. The maximum atomic E-state index is 13.3. The molecule has 31 heavy (non-hydrogen) atoms. The first kappa shape index (κ1) is 20.2. The van der Waals surface area contributed by atoms with E-state index in [4.69, 9.17) is 0 Å². The Balaban J connectivity index is 1.54. The SMILES string of the molecule is O=C(NC1CC2(CCC2)C1)c1c(O)c2cc(Br)cnc2n(Cc2ccc(F)cc2)c1=O. The summed E-state index contributed by atoms with van der Waals surface area (Å²) in [6.07, 6.45) is 7.00. The molecule has 160 valence electrons. The average Bonchev–Trinajstić information content (AvgIpc) is 2.68. The Morgan fingerprint density at radius 3 is 2.65 bits per heavy atom. The standard InChI is InChI=1S/C23H21BrFN3O3/c24-14-8-17-19(29)18(21(30)27-16-9-23(10-16)6-1-7-23)22(31)28(20(17)26-11-14)12-13-2-4-15(25)5-3-13/h2-5,8,11,16,29H,1,6-7,9-10,12H2,(H,27,30).